The summed E-state index contributed by atoms with van der Waals surface area (Å²) in [7, 11) is 0. The molecule has 1 rings (SSSR count). The van der Waals surface area contributed by atoms with Gasteiger partial charge in [0.25, 0.3) is 6.47 Å². The van der Waals surface area contributed by atoms with Gasteiger partial charge < -0.3 is 19.7 Å². The van der Waals surface area contributed by atoms with Gasteiger partial charge in [0.15, 0.2) is 0 Å². The van der Waals surface area contributed by atoms with E-state index in [1.54, 1.807) is 18.4 Å². The van der Waals surface area contributed by atoms with Crippen molar-refractivity contribution in [2.75, 3.05) is 0 Å². The second-order valence-corrected chi connectivity index (χ2v) is 4.35. The molecule has 0 amide bonds. The van der Waals surface area contributed by atoms with Crippen LogP contribution in [-0.4, -0.2) is 18.4 Å². The fourth-order valence-corrected chi connectivity index (χ4v) is 0.866. The molecule has 1 aromatic heterocycles. The molecular weight excluding hydrogens is 246 g/mol. The van der Waals surface area contributed by atoms with Gasteiger partial charge in [-0.1, -0.05) is 13.8 Å². The molecule has 1 unspecified atom stereocenters. The number of carbonyl (C=O) groups is 2. The van der Waals surface area contributed by atoms with Crippen molar-refractivity contribution < 1.29 is 18.7 Å². The van der Waals surface area contributed by atoms with Crippen LogP contribution >= 0.6 is 0 Å². The first kappa shape index (κ1) is 19.7. The van der Waals surface area contributed by atoms with Crippen LogP contribution in [0.2, 0.25) is 0 Å². The molecule has 0 aliphatic rings. The predicted octanol–water partition coefficient (Wildman–Crippen LogP) is 2.85. The molecule has 19 heavy (non-hydrogen) atoms. The van der Waals surface area contributed by atoms with E-state index in [4.69, 9.17) is 10.2 Å². The molecule has 0 fully saturated rings. The van der Waals surface area contributed by atoms with E-state index >= 15 is 0 Å². The predicted molar refractivity (Wildman–Crippen MR) is 74.6 cm³/mol. The summed E-state index contributed by atoms with van der Waals surface area (Å²) in [5.74, 6) is 0.659. The van der Waals surface area contributed by atoms with E-state index < -0.39 is 0 Å². The first-order valence-corrected chi connectivity index (χ1v) is 6.24. The largest absolute Gasteiger partial charge is 0.468 e. The molecule has 0 saturated carbocycles. The minimum atomic E-state index is -0.318. The fraction of sp³-hybridized carbons (Fsp3) is 0.571. The van der Waals surface area contributed by atoms with E-state index in [0.29, 0.717) is 18.7 Å². The number of hydrogen-bond acceptors (Lipinski definition) is 5. The number of ether oxygens (including phenoxy) is 1. The zero-order chi connectivity index (χ0) is 15.3. The maximum absolute atomic E-state index is 9.99. The van der Waals surface area contributed by atoms with Crippen LogP contribution in [0.5, 0.6) is 0 Å². The molecule has 2 N–H and O–H groups in total. The average molecular weight is 271 g/mol. The number of rotatable bonds is 4. The van der Waals surface area contributed by atoms with Gasteiger partial charge in [-0.15, -0.1) is 0 Å². The smallest absolute Gasteiger partial charge is 0.293 e. The van der Waals surface area contributed by atoms with Gasteiger partial charge in [-0.25, -0.2) is 0 Å². The number of nitrogens with two attached hydrogens (primary N) is 1. The highest BCUT2D eigenvalue weighted by Crippen LogP contribution is 2.11. The third-order valence-corrected chi connectivity index (χ3v) is 1.66. The van der Waals surface area contributed by atoms with Crippen molar-refractivity contribution in [3.63, 3.8) is 0 Å². The Kier molecular flexibility index (Phi) is 11.9. The van der Waals surface area contributed by atoms with Gasteiger partial charge in [0.1, 0.15) is 17.6 Å². The molecule has 0 saturated heterocycles. The summed E-state index contributed by atoms with van der Waals surface area (Å²) >= 11 is 0. The number of carbonyl (C=O) groups excluding carboxylic acids is 2. The first-order chi connectivity index (χ1) is 8.90. The molecule has 1 aromatic rings. The summed E-state index contributed by atoms with van der Waals surface area (Å²) in [5.41, 5.74) is 5.21. The van der Waals surface area contributed by atoms with Crippen molar-refractivity contribution in [3.8, 4) is 0 Å². The van der Waals surface area contributed by atoms with Crippen molar-refractivity contribution in [2.45, 2.75) is 52.7 Å². The van der Waals surface area contributed by atoms with E-state index in [0.717, 1.165) is 6.29 Å². The van der Waals surface area contributed by atoms with Crippen molar-refractivity contribution >= 4 is 12.8 Å². The third kappa shape index (κ3) is 12.6. The Morgan fingerprint density at radius 3 is 2.21 bits per heavy atom. The second-order valence-electron chi connectivity index (χ2n) is 4.35. The molecule has 0 aromatic carbocycles. The quantitative estimate of drug-likeness (QED) is 0.851. The summed E-state index contributed by atoms with van der Waals surface area (Å²) in [6.07, 6.45) is 2.64. The van der Waals surface area contributed by atoms with Gasteiger partial charge >= 0.3 is 0 Å². The highest BCUT2D eigenvalue weighted by Gasteiger charge is 2.07. The van der Waals surface area contributed by atoms with Gasteiger partial charge in [0.05, 0.1) is 12.3 Å². The molecule has 1 atom stereocenters. The van der Waals surface area contributed by atoms with E-state index in [9.17, 15) is 9.59 Å². The van der Waals surface area contributed by atoms with Crippen molar-refractivity contribution in [3.05, 3.63) is 24.2 Å². The topological polar surface area (TPSA) is 82.5 Å². The van der Waals surface area contributed by atoms with E-state index in [1.165, 1.54) is 0 Å². The van der Waals surface area contributed by atoms with Crippen LogP contribution in [0.15, 0.2) is 22.8 Å². The SMILES string of the molecule is CC.CC(C)(C)OC=O.NC(CC=O)c1ccco1. The zero-order valence-electron chi connectivity index (χ0n) is 12.4. The third-order valence-electron chi connectivity index (χ3n) is 1.66. The maximum Gasteiger partial charge on any atom is 0.293 e. The van der Waals surface area contributed by atoms with Crippen LogP contribution in [0, 0.1) is 0 Å². The van der Waals surface area contributed by atoms with E-state index in [1.807, 2.05) is 34.6 Å². The first-order valence-electron chi connectivity index (χ1n) is 6.24. The van der Waals surface area contributed by atoms with Gasteiger partial charge in [-0.2, -0.15) is 0 Å². The summed E-state index contributed by atoms with van der Waals surface area (Å²) in [4.78, 5) is 19.6. The lowest BCUT2D eigenvalue weighted by Gasteiger charge is -2.14. The van der Waals surface area contributed by atoms with Gasteiger partial charge in [-0.3, -0.25) is 4.79 Å². The Labute approximate surface area is 115 Å². The Hall–Kier alpha value is -1.62. The molecular formula is C14H25NO4. The van der Waals surface area contributed by atoms with Crippen LogP contribution in [-0.2, 0) is 14.3 Å². The fourth-order valence-electron chi connectivity index (χ4n) is 0.866. The monoisotopic (exact) mass is 271 g/mol. The Morgan fingerprint density at radius 2 is 1.95 bits per heavy atom. The minimum absolute atomic E-state index is 0.285. The number of aldehydes is 1. The molecule has 1 heterocycles. The number of hydrogen-bond donors (Lipinski definition) is 1. The molecule has 0 radical (unpaired) electrons. The van der Waals surface area contributed by atoms with Crippen molar-refractivity contribution in [1.82, 2.24) is 0 Å². The molecule has 0 bridgehead atoms. The standard InChI is InChI=1S/C7H9NO2.C5H10O2.C2H6/c8-6(3-4-9)7-2-1-5-10-7;1-5(2,3)7-4-6;1-2/h1-2,4-6H,3,8H2;4H,1-3H3;1-2H3. The maximum atomic E-state index is 9.99. The normalized spacial score (nSPS) is 11.1. The highest BCUT2D eigenvalue weighted by atomic mass is 16.5. The molecule has 0 spiro atoms. The Bertz CT molecular complexity index is 315. The van der Waals surface area contributed by atoms with Crippen LogP contribution < -0.4 is 5.73 Å². The minimum Gasteiger partial charge on any atom is -0.468 e. The number of furan rings is 1. The molecule has 5 heteroatoms. The summed E-state index contributed by atoms with van der Waals surface area (Å²) < 4.78 is 9.51. The van der Waals surface area contributed by atoms with Crippen molar-refractivity contribution in [1.29, 1.82) is 0 Å². The Balaban J connectivity index is 0. The summed E-state index contributed by atoms with van der Waals surface area (Å²) in [6, 6.07) is 3.22. The molecule has 0 aliphatic carbocycles. The summed E-state index contributed by atoms with van der Waals surface area (Å²) in [5, 5.41) is 0. The van der Waals surface area contributed by atoms with Gasteiger partial charge in [0, 0.05) is 6.42 Å². The molecule has 0 aliphatic heterocycles. The van der Waals surface area contributed by atoms with Gasteiger partial charge in [-0.05, 0) is 32.9 Å². The molecule has 5 nitrogen and oxygen atoms in total. The molecule has 110 valence electrons. The average Bonchev–Trinajstić information content (AvgIpc) is 2.85. The lowest BCUT2D eigenvalue weighted by atomic mass is 10.2. The second kappa shape index (κ2) is 11.5. The highest BCUT2D eigenvalue weighted by molar-refractivity contribution is 5.50. The van der Waals surface area contributed by atoms with Crippen LogP contribution in [0.25, 0.3) is 0 Å². The van der Waals surface area contributed by atoms with Crippen LogP contribution in [0.4, 0.5) is 0 Å². The van der Waals surface area contributed by atoms with Gasteiger partial charge in [0.2, 0.25) is 0 Å². The van der Waals surface area contributed by atoms with E-state index in [2.05, 4.69) is 4.74 Å². The van der Waals surface area contributed by atoms with E-state index in [-0.39, 0.29) is 11.6 Å². The zero-order valence-corrected chi connectivity index (χ0v) is 12.4. The Morgan fingerprint density at radius 1 is 1.37 bits per heavy atom. The lowest BCUT2D eigenvalue weighted by molar-refractivity contribution is -0.138. The van der Waals surface area contributed by atoms with Crippen LogP contribution in [0.3, 0.4) is 0 Å². The van der Waals surface area contributed by atoms with Crippen molar-refractivity contribution in [2.24, 2.45) is 5.73 Å². The van der Waals surface area contributed by atoms with Crippen LogP contribution in [0.1, 0.15) is 52.8 Å². The lowest BCUT2D eigenvalue weighted by Crippen LogP contribution is -2.17. The summed E-state index contributed by atoms with van der Waals surface area (Å²) in [6.45, 7) is 9.92.